The van der Waals surface area contributed by atoms with Crippen LogP contribution in [0.2, 0.25) is 0 Å². The van der Waals surface area contributed by atoms with Crippen LogP contribution in [0.5, 0.6) is 0 Å². The number of carboxylic acids is 1. The molecule has 0 radical (unpaired) electrons. The zero-order chi connectivity index (χ0) is 22.2. The summed E-state index contributed by atoms with van der Waals surface area (Å²) in [6, 6.07) is 25.9. The van der Waals surface area contributed by atoms with Gasteiger partial charge in [-0.05, 0) is 42.3 Å². The summed E-state index contributed by atoms with van der Waals surface area (Å²) in [4.78, 5) is 37.9. The number of carbonyl (C=O) groups is 3. The van der Waals surface area contributed by atoms with Crippen molar-refractivity contribution in [2.24, 2.45) is 0 Å². The smallest absolute Gasteiger partial charge is 0.333 e. The third kappa shape index (κ3) is 5.45. The molecule has 31 heavy (non-hydrogen) atoms. The topological polar surface area (TPSA) is 86.7 Å². The number of nitrogens with one attached hydrogen (secondary N) is 1. The zero-order valence-electron chi connectivity index (χ0n) is 17.0. The number of hydrogen-bond acceptors (Lipinski definition) is 3. The largest absolute Gasteiger partial charge is 0.478 e. The molecule has 0 spiro atoms. The third-order valence-electron chi connectivity index (χ3n) is 4.77. The van der Waals surface area contributed by atoms with Crippen molar-refractivity contribution in [1.29, 1.82) is 0 Å². The van der Waals surface area contributed by atoms with Crippen molar-refractivity contribution in [2.45, 2.75) is 6.92 Å². The molecule has 0 heterocycles. The fraction of sp³-hybridized carbons (Fsp3) is 0.0800. The van der Waals surface area contributed by atoms with Gasteiger partial charge in [0.15, 0.2) is 0 Å². The molecule has 0 bridgehead atoms. The predicted molar refractivity (Wildman–Crippen MR) is 118 cm³/mol. The molecule has 156 valence electrons. The van der Waals surface area contributed by atoms with Gasteiger partial charge in [-0.2, -0.15) is 0 Å². The Morgan fingerprint density at radius 1 is 0.742 bits per heavy atom. The number of hydrazine groups is 1. The normalized spacial score (nSPS) is 11.3. The van der Waals surface area contributed by atoms with Gasteiger partial charge in [-0.3, -0.25) is 15.0 Å². The Hall–Kier alpha value is -4.19. The van der Waals surface area contributed by atoms with Crippen molar-refractivity contribution in [3.63, 3.8) is 0 Å². The van der Waals surface area contributed by atoms with Gasteiger partial charge in [0.25, 0.3) is 11.8 Å². The summed E-state index contributed by atoms with van der Waals surface area (Å²) in [7, 11) is 0. The Bertz CT molecular complexity index is 1090. The molecule has 0 aliphatic heterocycles. The van der Waals surface area contributed by atoms with Crippen LogP contribution < -0.4 is 5.43 Å². The molecule has 3 aromatic carbocycles. The van der Waals surface area contributed by atoms with Gasteiger partial charge in [0.05, 0.1) is 12.1 Å². The van der Waals surface area contributed by atoms with E-state index in [0.717, 1.165) is 10.6 Å². The second-order valence-corrected chi connectivity index (χ2v) is 6.84. The van der Waals surface area contributed by atoms with E-state index in [1.807, 2.05) is 18.2 Å². The van der Waals surface area contributed by atoms with Gasteiger partial charge < -0.3 is 5.11 Å². The molecular weight excluding hydrogens is 392 g/mol. The van der Waals surface area contributed by atoms with Crippen molar-refractivity contribution in [2.75, 3.05) is 6.54 Å². The van der Waals surface area contributed by atoms with E-state index in [4.69, 9.17) is 0 Å². The maximum Gasteiger partial charge on any atom is 0.333 e. The Morgan fingerprint density at radius 3 is 1.68 bits per heavy atom. The van der Waals surface area contributed by atoms with Crippen molar-refractivity contribution < 1.29 is 19.5 Å². The third-order valence-corrected chi connectivity index (χ3v) is 4.77. The van der Waals surface area contributed by atoms with Crippen LogP contribution in [0.3, 0.4) is 0 Å². The summed E-state index contributed by atoms with van der Waals surface area (Å²) < 4.78 is 0. The highest BCUT2D eigenvalue weighted by molar-refractivity contribution is 6.01. The maximum absolute atomic E-state index is 13.1. The fourth-order valence-corrected chi connectivity index (χ4v) is 3.04. The van der Waals surface area contributed by atoms with E-state index >= 15 is 0 Å². The molecule has 0 saturated carbocycles. The summed E-state index contributed by atoms with van der Waals surface area (Å²) in [5.41, 5.74) is 4.49. The number of allylic oxidation sites excluding steroid dienone is 1. The number of carbonyl (C=O) groups excluding carboxylic acids is 2. The van der Waals surface area contributed by atoms with Crippen molar-refractivity contribution in [1.82, 2.24) is 10.4 Å². The van der Waals surface area contributed by atoms with Crippen LogP contribution in [0.15, 0.2) is 96.6 Å². The lowest BCUT2D eigenvalue weighted by atomic mass is 10.0. The average molecular weight is 414 g/mol. The summed E-state index contributed by atoms with van der Waals surface area (Å²) in [5, 5.41) is 10.9. The quantitative estimate of drug-likeness (QED) is 0.471. The number of amides is 2. The summed E-state index contributed by atoms with van der Waals surface area (Å²) in [6.07, 6.45) is 0. The minimum atomic E-state index is -1.17. The Balaban J connectivity index is 1.97. The minimum absolute atomic E-state index is 0.00356. The second kappa shape index (κ2) is 10.0. The molecular formula is C25H22N2O4. The molecule has 2 amide bonds. The van der Waals surface area contributed by atoms with E-state index < -0.39 is 17.8 Å². The minimum Gasteiger partial charge on any atom is -0.478 e. The van der Waals surface area contributed by atoms with E-state index in [-0.39, 0.29) is 12.1 Å². The van der Waals surface area contributed by atoms with E-state index in [0.29, 0.717) is 16.7 Å². The molecule has 0 aliphatic rings. The Morgan fingerprint density at radius 2 is 1.19 bits per heavy atom. The van der Waals surface area contributed by atoms with Crippen LogP contribution in [0.25, 0.3) is 5.57 Å². The highest BCUT2D eigenvalue weighted by Crippen LogP contribution is 2.20. The Kier molecular flexibility index (Phi) is 6.96. The highest BCUT2D eigenvalue weighted by Gasteiger charge is 2.24. The van der Waals surface area contributed by atoms with Gasteiger partial charge in [0.1, 0.15) is 0 Å². The Labute approximate surface area is 180 Å². The van der Waals surface area contributed by atoms with E-state index in [1.54, 1.807) is 79.7 Å². The molecule has 6 nitrogen and oxygen atoms in total. The van der Waals surface area contributed by atoms with Gasteiger partial charge in [0, 0.05) is 11.1 Å². The number of nitrogens with zero attached hydrogens (tertiary/aromatic N) is 1. The van der Waals surface area contributed by atoms with Gasteiger partial charge in [-0.1, -0.05) is 66.7 Å². The second-order valence-electron chi connectivity index (χ2n) is 6.84. The molecule has 3 rings (SSSR count). The first-order chi connectivity index (χ1) is 15.0. The SMILES string of the molecule is C/C(=C(/CN(NC(=O)c1ccccc1)C(=O)c1ccccc1)C(=O)O)c1ccccc1. The monoisotopic (exact) mass is 414 g/mol. The standard InChI is InChI=1S/C25H22N2O4/c1-18(19-11-5-2-6-12-19)22(25(30)31)17-27(24(29)21-15-9-4-10-16-21)26-23(28)20-13-7-3-8-14-20/h2-16H,17H2,1H3,(H,26,28)(H,30,31)/b22-18+. The first kappa shape index (κ1) is 21.5. The van der Waals surface area contributed by atoms with Gasteiger partial charge in [-0.15, -0.1) is 0 Å². The first-order valence-electron chi connectivity index (χ1n) is 9.69. The number of aliphatic carboxylic acids is 1. The number of rotatable bonds is 6. The lowest BCUT2D eigenvalue weighted by Gasteiger charge is -2.24. The summed E-state index contributed by atoms with van der Waals surface area (Å²) in [6.45, 7) is 1.38. The predicted octanol–water partition coefficient (Wildman–Crippen LogP) is 4.03. The number of carboxylic acid groups (broad SMARTS) is 1. The summed E-state index contributed by atoms with van der Waals surface area (Å²) >= 11 is 0. The first-order valence-corrected chi connectivity index (χ1v) is 9.69. The molecule has 3 aromatic rings. The van der Waals surface area contributed by atoms with Crippen molar-refractivity contribution in [3.05, 3.63) is 113 Å². The number of hydrogen-bond donors (Lipinski definition) is 2. The van der Waals surface area contributed by atoms with Crippen LogP contribution in [-0.4, -0.2) is 34.4 Å². The van der Waals surface area contributed by atoms with E-state index in [2.05, 4.69) is 5.43 Å². The molecule has 0 saturated heterocycles. The van der Waals surface area contributed by atoms with Crippen LogP contribution in [-0.2, 0) is 4.79 Å². The van der Waals surface area contributed by atoms with Crippen molar-refractivity contribution >= 4 is 23.4 Å². The van der Waals surface area contributed by atoms with Crippen LogP contribution >= 0.6 is 0 Å². The molecule has 0 fully saturated rings. The fourth-order valence-electron chi connectivity index (χ4n) is 3.04. The van der Waals surface area contributed by atoms with Gasteiger partial charge >= 0.3 is 5.97 Å². The number of benzene rings is 3. The average Bonchev–Trinajstić information content (AvgIpc) is 2.82. The van der Waals surface area contributed by atoms with Crippen LogP contribution in [0.1, 0.15) is 33.2 Å². The van der Waals surface area contributed by atoms with Gasteiger partial charge in [-0.25, -0.2) is 9.80 Å². The van der Waals surface area contributed by atoms with E-state index in [9.17, 15) is 19.5 Å². The van der Waals surface area contributed by atoms with Crippen molar-refractivity contribution in [3.8, 4) is 0 Å². The highest BCUT2D eigenvalue weighted by atomic mass is 16.4. The molecule has 0 aliphatic carbocycles. The van der Waals surface area contributed by atoms with Crippen LogP contribution in [0.4, 0.5) is 0 Å². The molecule has 0 aromatic heterocycles. The van der Waals surface area contributed by atoms with Crippen LogP contribution in [0, 0.1) is 0 Å². The molecule has 0 unspecified atom stereocenters. The maximum atomic E-state index is 13.1. The molecule has 2 N–H and O–H groups in total. The van der Waals surface area contributed by atoms with E-state index in [1.165, 1.54) is 0 Å². The molecule has 0 atom stereocenters. The van der Waals surface area contributed by atoms with Gasteiger partial charge in [0.2, 0.25) is 0 Å². The zero-order valence-corrected chi connectivity index (χ0v) is 17.0. The lowest BCUT2D eigenvalue weighted by Crippen LogP contribution is -2.47. The summed E-state index contributed by atoms with van der Waals surface area (Å²) in [5.74, 6) is -2.18. The molecule has 6 heteroatoms. The lowest BCUT2D eigenvalue weighted by molar-refractivity contribution is -0.132.